The summed E-state index contributed by atoms with van der Waals surface area (Å²) in [5.41, 5.74) is 1.90. The number of aliphatic hydroxyl groups is 1. The monoisotopic (exact) mass is 475 g/mol. The Labute approximate surface area is 202 Å². The third-order valence-corrected chi connectivity index (χ3v) is 6.41. The van der Waals surface area contributed by atoms with Gasteiger partial charge in [-0.1, -0.05) is 5.92 Å². The van der Waals surface area contributed by atoms with Crippen molar-refractivity contribution in [2.75, 3.05) is 24.6 Å². The van der Waals surface area contributed by atoms with Crippen LogP contribution in [0, 0.1) is 11.8 Å². The molecule has 1 unspecified atom stereocenters. The van der Waals surface area contributed by atoms with E-state index in [1.165, 1.54) is 4.90 Å². The molecule has 1 aromatic carbocycles. The molecule has 2 N–H and O–H groups in total. The highest BCUT2D eigenvalue weighted by atomic mass is 16.5. The number of hydrogen-bond donors (Lipinski definition) is 2. The Kier molecular flexibility index (Phi) is 6.33. The SMILES string of the molecule is O=C1CCC(N2Cc3cc(OCC#Cc4ccnc(N5CCC(O)CC5)n4)ccc3C2=O)C(=O)N1. The Morgan fingerprint density at radius 2 is 1.97 bits per heavy atom. The van der Waals surface area contributed by atoms with Crippen LogP contribution in [0.2, 0.25) is 0 Å². The lowest BCUT2D eigenvalue weighted by Gasteiger charge is -2.29. The number of piperidine rings is 2. The van der Waals surface area contributed by atoms with Crippen molar-refractivity contribution in [2.45, 2.75) is 44.4 Å². The molecule has 0 saturated carbocycles. The highest BCUT2D eigenvalue weighted by Crippen LogP contribution is 2.30. The summed E-state index contributed by atoms with van der Waals surface area (Å²) >= 11 is 0. The van der Waals surface area contributed by atoms with Crippen LogP contribution < -0.4 is 15.0 Å². The zero-order chi connectivity index (χ0) is 24.4. The fourth-order valence-electron chi connectivity index (χ4n) is 4.52. The Balaban J connectivity index is 1.19. The van der Waals surface area contributed by atoms with Gasteiger partial charge in [0.05, 0.1) is 6.10 Å². The van der Waals surface area contributed by atoms with E-state index in [-0.39, 0.29) is 30.9 Å². The largest absolute Gasteiger partial charge is 0.481 e. The molecule has 0 aliphatic carbocycles. The van der Waals surface area contributed by atoms with Crippen LogP contribution in [-0.4, -0.2) is 69.5 Å². The van der Waals surface area contributed by atoms with E-state index < -0.39 is 11.9 Å². The van der Waals surface area contributed by atoms with Crippen LogP contribution in [0.5, 0.6) is 5.75 Å². The molecule has 0 bridgehead atoms. The fourth-order valence-corrected chi connectivity index (χ4v) is 4.52. The van der Waals surface area contributed by atoms with Crippen LogP contribution in [0.4, 0.5) is 5.95 Å². The van der Waals surface area contributed by atoms with Gasteiger partial charge in [-0.2, -0.15) is 0 Å². The molecule has 3 aliphatic heterocycles. The van der Waals surface area contributed by atoms with Gasteiger partial charge in [-0.15, -0.1) is 0 Å². The van der Waals surface area contributed by atoms with Crippen molar-refractivity contribution >= 4 is 23.7 Å². The molecule has 5 rings (SSSR count). The number of benzene rings is 1. The molecule has 3 amide bonds. The number of anilines is 1. The van der Waals surface area contributed by atoms with Gasteiger partial charge in [0.15, 0.2) is 0 Å². The van der Waals surface area contributed by atoms with E-state index in [2.05, 4.69) is 27.1 Å². The Bertz CT molecular complexity index is 1230. The van der Waals surface area contributed by atoms with E-state index in [4.69, 9.17) is 4.74 Å². The summed E-state index contributed by atoms with van der Waals surface area (Å²) < 4.78 is 5.75. The first-order valence-electron chi connectivity index (χ1n) is 11.6. The molecular formula is C25H25N5O5. The smallest absolute Gasteiger partial charge is 0.255 e. The standard InChI is InChI=1S/C25H25N5O5/c31-18-8-11-29(12-9-18)25-26-10-7-17(27-25)2-1-13-35-19-3-4-20-16(14-19)15-30(24(20)34)21-5-6-22(32)28-23(21)33/h3-4,7,10,14,18,21,31H,5-6,8-9,11-13,15H2,(H,28,32,33). The number of carbonyl (C=O) groups excluding carboxylic acids is 3. The average Bonchev–Trinajstić information content (AvgIpc) is 3.18. The van der Waals surface area contributed by atoms with Crippen molar-refractivity contribution in [1.29, 1.82) is 0 Å². The van der Waals surface area contributed by atoms with Gasteiger partial charge >= 0.3 is 0 Å². The van der Waals surface area contributed by atoms with Gasteiger partial charge < -0.3 is 19.6 Å². The zero-order valence-corrected chi connectivity index (χ0v) is 19.1. The van der Waals surface area contributed by atoms with Crippen LogP contribution >= 0.6 is 0 Å². The molecule has 10 nitrogen and oxygen atoms in total. The number of aliphatic hydroxyl groups excluding tert-OH is 1. The maximum Gasteiger partial charge on any atom is 0.255 e. The van der Waals surface area contributed by atoms with Crippen molar-refractivity contribution in [2.24, 2.45) is 0 Å². The molecule has 180 valence electrons. The number of hydrogen-bond acceptors (Lipinski definition) is 8. The van der Waals surface area contributed by atoms with Crippen molar-refractivity contribution in [1.82, 2.24) is 20.2 Å². The van der Waals surface area contributed by atoms with E-state index in [0.717, 1.165) is 5.56 Å². The Hall–Kier alpha value is -3.97. The first-order chi connectivity index (χ1) is 17.0. The van der Waals surface area contributed by atoms with Crippen LogP contribution in [0.3, 0.4) is 0 Å². The molecule has 4 heterocycles. The summed E-state index contributed by atoms with van der Waals surface area (Å²) in [5, 5.41) is 12.0. The van der Waals surface area contributed by atoms with Crippen LogP contribution in [-0.2, 0) is 16.1 Å². The lowest BCUT2D eigenvalue weighted by Crippen LogP contribution is -2.52. The summed E-state index contributed by atoms with van der Waals surface area (Å²) in [6, 6.07) is 6.28. The van der Waals surface area contributed by atoms with Gasteiger partial charge in [0.2, 0.25) is 17.8 Å². The summed E-state index contributed by atoms with van der Waals surface area (Å²) in [4.78, 5) is 48.7. The number of carbonyl (C=O) groups is 3. The maximum atomic E-state index is 12.8. The number of fused-ring (bicyclic) bond motifs is 1. The molecule has 0 radical (unpaired) electrons. The van der Waals surface area contributed by atoms with Crippen molar-refractivity contribution in [3.8, 4) is 17.6 Å². The topological polar surface area (TPSA) is 125 Å². The lowest BCUT2D eigenvalue weighted by atomic mass is 10.0. The molecule has 2 aromatic rings. The molecule has 1 atom stereocenters. The van der Waals surface area contributed by atoms with E-state index in [1.54, 1.807) is 30.5 Å². The summed E-state index contributed by atoms with van der Waals surface area (Å²) in [6.07, 6.45) is 3.36. The minimum atomic E-state index is -0.643. The number of imide groups is 1. The van der Waals surface area contributed by atoms with Gasteiger partial charge in [0, 0.05) is 37.8 Å². The van der Waals surface area contributed by atoms with Crippen molar-refractivity contribution < 1.29 is 24.2 Å². The van der Waals surface area contributed by atoms with Crippen LogP contribution in [0.25, 0.3) is 0 Å². The summed E-state index contributed by atoms with van der Waals surface area (Å²) in [7, 11) is 0. The second-order valence-corrected chi connectivity index (χ2v) is 8.77. The fraction of sp³-hybridized carbons (Fsp3) is 0.400. The number of amides is 3. The number of ether oxygens (including phenoxy) is 1. The van der Waals surface area contributed by atoms with Crippen LogP contribution in [0.1, 0.15) is 47.3 Å². The summed E-state index contributed by atoms with van der Waals surface area (Å²) in [6.45, 7) is 1.85. The Morgan fingerprint density at radius 3 is 2.77 bits per heavy atom. The second-order valence-electron chi connectivity index (χ2n) is 8.77. The van der Waals surface area contributed by atoms with E-state index in [9.17, 15) is 19.5 Å². The quantitative estimate of drug-likeness (QED) is 0.487. The van der Waals surface area contributed by atoms with Gasteiger partial charge in [-0.3, -0.25) is 19.7 Å². The molecule has 2 fully saturated rings. The molecule has 1 aromatic heterocycles. The number of nitrogens with zero attached hydrogens (tertiary/aromatic N) is 4. The highest BCUT2D eigenvalue weighted by molar-refractivity contribution is 6.05. The van der Waals surface area contributed by atoms with Crippen molar-refractivity contribution in [3.63, 3.8) is 0 Å². The Morgan fingerprint density at radius 1 is 1.14 bits per heavy atom. The van der Waals surface area contributed by atoms with Gasteiger partial charge in [0.1, 0.15) is 24.1 Å². The number of nitrogens with one attached hydrogen (secondary N) is 1. The predicted molar refractivity (Wildman–Crippen MR) is 124 cm³/mol. The first kappa shape index (κ1) is 22.8. The lowest BCUT2D eigenvalue weighted by molar-refractivity contribution is -0.136. The average molecular weight is 476 g/mol. The third-order valence-electron chi connectivity index (χ3n) is 6.41. The van der Waals surface area contributed by atoms with Crippen molar-refractivity contribution in [3.05, 3.63) is 47.3 Å². The first-order valence-corrected chi connectivity index (χ1v) is 11.6. The molecule has 10 heteroatoms. The zero-order valence-electron chi connectivity index (χ0n) is 19.1. The summed E-state index contributed by atoms with van der Waals surface area (Å²) in [5.74, 6) is 6.16. The predicted octanol–water partition coefficient (Wildman–Crippen LogP) is 0.629. The maximum absolute atomic E-state index is 12.8. The second kappa shape index (κ2) is 9.72. The highest BCUT2D eigenvalue weighted by Gasteiger charge is 2.39. The molecular weight excluding hydrogens is 450 g/mol. The molecule has 2 saturated heterocycles. The minimum absolute atomic E-state index is 0.138. The molecule has 3 aliphatic rings. The van der Waals surface area contributed by atoms with E-state index in [0.29, 0.717) is 61.9 Å². The molecule has 0 spiro atoms. The normalized spacial score (nSPS) is 20.3. The van der Waals surface area contributed by atoms with Gasteiger partial charge in [-0.05, 0) is 55.0 Å². The van der Waals surface area contributed by atoms with E-state index >= 15 is 0 Å². The van der Waals surface area contributed by atoms with E-state index in [1.807, 2.05) is 4.90 Å². The number of aromatic nitrogens is 2. The number of rotatable bonds is 4. The third kappa shape index (κ3) is 4.95. The van der Waals surface area contributed by atoms with Crippen LogP contribution in [0.15, 0.2) is 30.5 Å². The van der Waals surface area contributed by atoms with Gasteiger partial charge in [0.25, 0.3) is 5.91 Å². The molecule has 35 heavy (non-hydrogen) atoms. The minimum Gasteiger partial charge on any atom is -0.481 e. The van der Waals surface area contributed by atoms with Gasteiger partial charge in [-0.25, -0.2) is 9.97 Å².